The molecule has 1 aliphatic rings. The zero-order chi connectivity index (χ0) is 17.1. The van der Waals surface area contributed by atoms with E-state index < -0.39 is 24.0 Å². The normalized spacial score (nSPS) is 20.5. The Labute approximate surface area is 137 Å². The van der Waals surface area contributed by atoms with Crippen molar-refractivity contribution in [1.29, 1.82) is 0 Å². The summed E-state index contributed by atoms with van der Waals surface area (Å²) < 4.78 is 37.3. The van der Waals surface area contributed by atoms with Gasteiger partial charge in [0.1, 0.15) is 11.5 Å². The summed E-state index contributed by atoms with van der Waals surface area (Å²) in [5, 5.41) is 0. The summed E-state index contributed by atoms with van der Waals surface area (Å²) >= 11 is 0. The largest absolute Gasteiger partial charge is 0.525 e. The van der Waals surface area contributed by atoms with Gasteiger partial charge in [-0.15, -0.1) is 6.58 Å². The summed E-state index contributed by atoms with van der Waals surface area (Å²) in [5.74, 6) is 0.458. The zero-order valence-corrected chi connectivity index (χ0v) is 14.2. The van der Waals surface area contributed by atoms with Crippen LogP contribution in [0.5, 0.6) is 0 Å². The molecule has 1 saturated heterocycles. The molecule has 0 aliphatic carbocycles. The van der Waals surface area contributed by atoms with Crippen LogP contribution in [-0.2, 0) is 14.0 Å². The van der Waals surface area contributed by atoms with Crippen molar-refractivity contribution in [2.75, 3.05) is 13.2 Å². The second kappa shape index (κ2) is 7.03. The van der Waals surface area contributed by atoms with Crippen LogP contribution in [0.25, 0.3) is 5.57 Å². The first kappa shape index (κ1) is 18.0. The van der Waals surface area contributed by atoms with Crippen molar-refractivity contribution in [2.45, 2.75) is 45.3 Å². The Bertz CT molecular complexity index is 547. The van der Waals surface area contributed by atoms with Gasteiger partial charge in [-0.05, 0) is 39.8 Å². The summed E-state index contributed by atoms with van der Waals surface area (Å²) in [5.41, 5.74) is -1.26. The molecule has 0 amide bonds. The fourth-order valence-corrected chi connectivity index (χ4v) is 2.24. The van der Waals surface area contributed by atoms with Crippen LogP contribution in [0.3, 0.4) is 0 Å². The van der Waals surface area contributed by atoms with Crippen molar-refractivity contribution in [3.8, 4) is 0 Å². The van der Waals surface area contributed by atoms with Crippen LogP contribution in [0, 0.1) is 0 Å². The monoisotopic (exact) mass is 322 g/mol. The Hall–Kier alpha value is -1.37. The van der Waals surface area contributed by atoms with Crippen LogP contribution in [0.1, 0.15) is 39.9 Å². The van der Waals surface area contributed by atoms with Gasteiger partial charge in [-0.3, -0.25) is 0 Å². The van der Waals surface area contributed by atoms with Crippen molar-refractivity contribution in [3.63, 3.8) is 0 Å². The lowest BCUT2D eigenvalue weighted by Gasteiger charge is -2.32. The number of rotatable bonds is 7. The molecule has 1 aliphatic heterocycles. The predicted octanol–water partition coefficient (Wildman–Crippen LogP) is 4.18. The van der Waals surface area contributed by atoms with Crippen molar-refractivity contribution in [2.24, 2.45) is 0 Å². The summed E-state index contributed by atoms with van der Waals surface area (Å²) in [4.78, 5) is 0. The van der Waals surface area contributed by atoms with E-state index in [1.807, 2.05) is 27.7 Å². The fourth-order valence-electron chi connectivity index (χ4n) is 2.24. The first-order valence-corrected chi connectivity index (χ1v) is 7.75. The smallest absolute Gasteiger partial charge is 0.465 e. The Balaban J connectivity index is 2.22. The van der Waals surface area contributed by atoms with E-state index in [9.17, 15) is 0 Å². The molecule has 1 aromatic heterocycles. The fraction of sp³-hybridized carbons (Fsp3) is 0.529. The minimum Gasteiger partial charge on any atom is -0.465 e. The molecule has 0 radical (unpaired) electrons. The quantitative estimate of drug-likeness (QED) is 0.429. The molecule has 2 heterocycles. The molecule has 0 spiro atoms. The molecule has 0 atom stereocenters. The Kier molecular flexibility index (Phi) is 5.50. The lowest BCUT2D eigenvalue weighted by atomic mass is 9.83. The maximum atomic E-state index is 15.0. The highest BCUT2D eigenvalue weighted by molar-refractivity contribution is 6.55. The van der Waals surface area contributed by atoms with Crippen LogP contribution < -0.4 is 0 Å². The molecule has 0 aromatic carbocycles. The second-order valence-corrected chi connectivity index (χ2v) is 6.51. The SMILES string of the molecule is C=CCOCCC(=C(F)B1OC(C)(C)C(C)(C)O1)c1ccco1. The summed E-state index contributed by atoms with van der Waals surface area (Å²) in [6.45, 7) is 11.9. The van der Waals surface area contributed by atoms with E-state index in [-0.39, 0.29) is 0 Å². The van der Waals surface area contributed by atoms with Crippen molar-refractivity contribution in [1.82, 2.24) is 0 Å². The first-order valence-electron chi connectivity index (χ1n) is 7.75. The molecule has 2 rings (SSSR count). The van der Waals surface area contributed by atoms with Gasteiger partial charge in [0.05, 0.1) is 30.7 Å². The number of hydrogen-bond acceptors (Lipinski definition) is 4. The number of halogens is 1. The molecule has 6 heteroatoms. The molecular weight excluding hydrogens is 298 g/mol. The van der Waals surface area contributed by atoms with Crippen molar-refractivity contribution >= 4 is 12.7 Å². The molecule has 0 saturated carbocycles. The van der Waals surface area contributed by atoms with Crippen LogP contribution in [-0.4, -0.2) is 31.5 Å². The Morgan fingerprint density at radius 2 is 1.96 bits per heavy atom. The number of hydrogen-bond donors (Lipinski definition) is 0. The zero-order valence-electron chi connectivity index (χ0n) is 14.2. The lowest BCUT2D eigenvalue weighted by Crippen LogP contribution is -2.41. The standard InChI is InChI=1S/C17H24BFO4/c1-6-10-20-12-9-13(14-8-7-11-21-14)15(19)18-22-16(2,3)17(4,5)23-18/h6-8,11H,1,9-10,12H2,2-5H3. The van der Waals surface area contributed by atoms with E-state index in [4.69, 9.17) is 18.5 Å². The third-order valence-electron chi connectivity index (χ3n) is 4.30. The van der Waals surface area contributed by atoms with E-state index in [0.29, 0.717) is 31.0 Å². The number of ether oxygens (including phenoxy) is 1. The van der Waals surface area contributed by atoms with Gasteiger partial charge in [-0.2, -0.15) is 0 Å². The third kappa shape index (κ3) is 3.94. The van der Waals surface area contributed by atoms with Gasteiger partial charge in [0.2, 0.25) is 0 Å². The van der Waals surface area contributed by atoms with Crippen LogP contribution in [0.2, 0.25) is 0 Å². The minimum absolute atomic E-state index is 0.356. The third-order valence-corrected chi connectivity index (χ3v) is 4.30. The highest BCUT2D eigenvalue weighted by Crippen LogP contribution is 2.40. The molecule has 1 aromatic rings. The van der Waals surface area contributed by atoms with Crippen molar-refractivity contribution < 1.29 is 22.9 Å². The van der Waals surface area contributed by atoms with E-state index in [0.717, 1.165) is 0 Å². The van der Waals surface area contributed by atoms with Gasteiger partial charge in [0, 0.05) is 12.0 Å². The highest BCUT2D eigenvalue weighted by Gasteiger charge is 2.53. The van der Waals surface area contributed by atoms with Gasteiger partial charge in [0.15, 0.2) is 0 Å². The molecule has 0 N–H and O–H groups in total. The average Bonchev–Trinajstić information content (AvgIpc) is 3.05. The van der Waals surface area contributed by atoms with E-state index in [1.54, 1.807) is 18.2 Å². The second-order valence-electron chi connectivity index (χ2n) is 6.51. The van der Waals surface area contributed by atoms with Crippen LogP contribution in [0.15, 0.2) is 41.2 Å². The summed E-state index contributed by atoms with van der Waals surface area (Å²) in [6.07, 6.45) is 3.52. The average molecular weight is 322 g/mol. The van der Waals surface area contributed by atoms with Gasteiger partial charge in [0.25, 0.3) is 0 Å². The maximum Gasteiger partial charge on any atom is 0.525 e. The summed E-state index contributed by atoms with van der Waals surface area (Å²) in [6, 6.07) is 3.44. The minimum atomic E-state index is -1.04. The summed E-state index contributed by atoms with van der Waals surface area (Å²) in [7, 11) is -1.04. The van der Waals surface area contributed by atoms with E-state index in [2.05, 4.69) is 6.58 Å². The van der Waals surface area contributed by atoms with Crippen molar-refractivity contribution in [3.05, 3.63) is 42.5 Å². The first-order chi connectivity index (χ1) is 10.8. The topological polar surface area (TPSA) is 40.8 Å². The molecule has 0 bridgehead atoms. The highest BCUT2D eigenvalue weighted by atomic mass is 19.1. The molecule has 1 fully saturated rings. The lowest BCUT2D eigenvalue weighted by molar-refractivity contribution is 0.00578. The molecule has 4 nitrogen and oxygen atoms in total. The van der Waals surface area contributed by atoms with Crippen LogP contribution >= 0.6 is 0 Å². The maximum absolute atomic E-state index is 15.0. The van der Waals surface area contributed by atoms with Gasteiger partial charge < -0.3 is 18.5 Å². The van der Waals surface area contributed by atoms with Crippen LogP contribution in [0.4, 0.5) is 4.39 Å². The predicted molar refractivity (Wildman–Crippen MR) is 88.5 cm³/mol. The van der Waals surface area contributed by atoms with Gasteiger partial charge >= 0.3 is 7.12 Å². The van der Waals surface area contributed by atoms with Gasteiger partial charge in [-0.1, -0.05) is 6.08 Å². The molecular formula is C17H24BFO4. The molecule has 23 heavy (non-hydrogen) atoms. The Morgan fingerprint density at radius 3 is 2.48 bits per heavy atom. The Morgan fingerprint density at radius 1 is 1.30 bits per heavy atom. The molecule has 0 unspecified atom stereocenters. The van der Waals surface area contributed by atoms with E-state index in [1.165, 1.54) is 6.26 Å². The van der Waals surface area contributed by atoms with Gasteiger partial charge in [-0.25, -0.2) is 4.39 Å². The van der Waals surface area contributed by atoms with E-state index >= 15 is 4.39 Å². The number of furan rings is 1. The molecule has 126 valence electrons.